The van der Waals surface area contributed by atoms with Gasteiger partial charge in [-0.15, -0.1) is 11.6 Å². The lowest BCUT2D eigenvalue weighted by atomic mass is 10.1. The Morgan fingerprint density at radius 1 is 1.62 bits per heavy atom. The largest absolute Gasteiger partial charge is 0.265 e. The van der Waals surface area contributed by atoms with Crippen molar-refractivity contribution >= 4 is 34.2 Å². The molecule has 1 nitrogen and oxygen atoms in total. The van der Waals surface area contributed by atoms with Gasteiger partial charge in [-0.25, -0.2) is 8.78 Å². The van der Waals surface area contributed by atoms with Crippen molar-refractivity contribution in [3.63, 3.8) is 0 Å². The zero-order chi connectivity index (χ0) is 10.0. The van der Waals surface area contributed by atoms with Crippen LogP contribution >= 0.6 is 34.2 Å². The summed E-state index contributed by atoms with van der Waals surface area (Å²) in [6.07, 6.45) is -1.27. The molecule has 0 saturated carbocycles. The number of aromatic nitrogens is 1. The first-order valence-corrected chi connectivity index (χ1v) is 5.17. The van der Waals surface area contributed by atoms with Crippen molar-refractivity contribution in [1.29, 1.82) is 0 Å². The molecule has 0 fully saturated rings. The fourth-order valence-corrected chi connectivity index (χ4v) is 2.03. The van der Waals surface area contributed by atoms with Gasteiger partial charge in [-0.1, -0.05) is 0 Å². The number of hydrogen-bond acceptors (Lipinski definition) is 1. The van der Waals surface area contributed by atoms with Crippen LogP contribution in [0.3, 0.4) is 0 Å². The average molecular weight is 318 g/mol. The molecule has 0 atom stereocenters. The highest BCUT2D eigenvalue weighted by atomic mass is 127. The standard InChI is InChI=1S/C8H7ClF2IN/c1-4-5(8(10)11)3-13-6(2-9)7(4)12/h3,8H,2H2,1H3. The maximum Gasteiger partial charge on any atom is 0.265 e. The molecule has 0 unspecified atom stereocenters. The SMILES string of the molecule is Cc1c(C(F)F)cnc(CCl)c1I. The van der Waals surface area contributed by atoms with Crippen molar-refractivity contribution in [2.45, 2.75) is 19.2 Å². The third-order valence-electron chi connectivity index (χ3n) is 1.74. The Morgan fingerprint density at radius 3 is 2.69 bits per heavy atom. The Hall–Kier alpha value is 0.0300. The van der Waals surface area contributed by atoms with E-state index >= 15 is 0 Å². The second-order valence-electron chi connectivity index (χ2n) is 2.53. The molecule has 72 valence electrons. The Morgan fingerprint density at radius 2 is 2.23 bits per heavy atom. The molecule has 0 aromatic carbocycles. The lowest BCUT2D eigenvalue weighted by Crippen LogP contribution is -1.99. The van der Waals surface area contributed by atoms with E-state index in [1.807, 2.05) is 22.6 Å². The van der Waals surface area contributed by atoms with Crippen LogP contribution in [0.1, 0.15) is 23.2 Å². The van der Waals surface area contributed by atoms with Gasteiger partial charge in [-0.3, -0.25) is 4.98 Å². The number of halogens is 4. The number of nitrogens with zero attached hydrogens (tertiary/aromatic N) is 1. The Kier molecular flexibility index (Phi) is 3.85. The summed E-state index contributed by atoms with van der Waals surface area (Å²) in [5.74, 6) is 0.253. The summed E-state index contributed by atoms with van der Waals surface area (Å²) in [6.45, 7) is 1.65. The molecule has 1 aromatic rings. The first-order chi connectivity index (χ1) is 6.07. The quantitative estimate of drug-likeness (QED) is 0.599. The minimum Gasteiger partial charge on any atom is -0.258 e. The van der Waals surface area contributed by atoms with Gasteiger partial charge in [0.05, 0.1) is 11.6 Å². The van der Waals surface area contributed by atoms with Crippen LogP contribution in [-0.2, 0) is 5.88 Å². The molecule has 0 aliphatic carbocycles. The fraction of sp³-hybridized carbons (Fsp3) is 0.375. The third kappa shape index (κ3) is 2.28. The van der Waals surface area contributed by atoms with Gasteiger partial charge in [-0.05, 0) is 35.1 Å². The minimum absolute atomic E-state index is 0.0155. The average Bonchev–Trinajstić information content (AvgIpc) is 2.09. The first-order valence-electron chi connectivity index (χ1n) is 3.56. The topological polar surface area (TPSA) is 12.9 Å². The smallest absolute Gasteiger partial charge is 0.258 e. The van der Waals surface area contributed by atoms with E-state index in [4.69, 9.17) is 11.6 Å². The van der Waals surface area contributed by atoms with E-state index in [0.717, 1.165) is 3.57 Å². The van der Waals surface area contributed by atoms with Crippen molar-refractivity contribution in [3.8, 4) is 0 Å². The van der Waals surface area contributed by atoms with Crippen LogP contribution in [0.15, 0.2) is 6.20 Å². The van der Waals surface area contributed by atoms with Crippen LogP contribution in [0.2, 0.25) is 0 Å². The first kappa shape index (κ1) is 11.1. The summed E-state index contributed by atoms with van der Waals surface area (Å²) in [5, 5.41) is 0. The van der Waals surface area contributed by atoms with Crippen LogP contribution < -0.4 is 0 Å². The summed E-state index contributed by atoms with van der Waals surface area (Å²) in [4.78, 5) is 3.86. The lowest BCUT2D eigenvalue weighted by molar-refractivity contribution is 0.150. The normalized spacial score (nSPS) is 10.9. The predicted octanol–water partition coefficient (Wildman–Crippen LogP) is 3.67. The fourth-order valence-electron chi connectivity index (χ4n) is 0.957. The van der Waals surface area contributed by atoms with Crippen molar-refractivity contribution in [2.24, 2.45) is 0 Å². The monoisotopic (exact) mass is 317 g/mol. The predicted molar refractivity (Wildman–Crippen MR) is 56.2 cm³/mol. The molecule has 0 aliphatic heterocycles. The molecule has 1 heterocycles. The van der Waals surface area contributed by atoms with Gasteiger partial charge in [-0.2, -0.15) is 0 Å². The molecule has 0 aliphatic rings. The highest BCUT2D eigenvalue weighted by molar-refractivity contribution is 14.1. The molecule has 0 N–H and O–H groups in total. The second-order valence-corrected chi connectivity index (χ2v) is 3.88. The maximum atomic E-state index is 12.4. The highest BCUT2D eigenvalue weighted by Crippen LogP contribution is 2.26. The molecular weight excluding hydrogens is 310 g/mol. The summed E-state index contributed by atoms with van der Waals surface area (Å²) >= 11 is 7.56. The van der Waals surface area contributed by atoms with Gasteiger partial charge >= 0.3 is 0 Å². The van der Waals surface area contributed by atoms with E-state index in [1.165, 1.54) is 6.20 Å². The van der Waals surface area contributed by atoms with Gasteiger partial charge in [0.25, 0.3) is 6.43 Å². The third-order valence-corrected chi connectivity index (χ3v) is 3.42. The van der Waals surface area contributed by atoms with Crippen molar-refractivity contribution in [1.82, 2.24) is 4.98 Å². The van der Waals surface area contributed by atoms with Gasteiger partial charge < -0.3 is 0 Å². The van der Waals surface area contributed by atoms with E-state index in [-0.39, 0.29) is 11.4 Å². The summed E-state index contributed by atoms with van der Waals surface area (Å²) in [5.41, 5.74) is 1.21. The van der Waals surface area contributed by atoms with Gasteiger partial charge in [0, 0.05) is 15.3 Å². The van der Waals surface area contributed by atoms with Crippen LogP contribution in [-0.4, -0.2) is 4.98 Å². The van der Waals surface area contributed by atoms with Crippen LogP contribution in [0.25, 0.3) is 0 Å². The molecule has 1 rings (SSSR count). The van der Waals surface area contributed by atoms with E-state index < -0.39 is 6.43 Å². The van der Waals surface area contributed by atoms with E-state index in [2.05, 4.69) is 4.98 Å². The van der Waals surface area contributed by atoms with Crippen LogP contribution in [0, 0.1) is 10.5 Å². The van der Waals surface area contributed by atoms with Gasteiger partial charge in [0.15, 0.2) is 0 Å². The van der Waals surface area contributed by atoms with Gasteiger partial charge in [0.2, 0.25) is 0 Å². The lowest BCUT2D eigenvalue weighted by Gasteiger charge is -2.08. The molecule has 0 amide bonds. The van der Waals surface area contributed by atoms with Crippen molar-refractivity contribution in [3.05, 3.63) is 26.6 Å². The number of pyridine rings is 1. The Bertz CT molecular complexity index is 317. The molecule has 5 heteroatoms. The van der Waals surface area contributed by atoms with E-state index in [9.17, 15) is 8.78 Å². The van der Waals surface area contributed by atoms with Crippen LogP contribution in [0.5, 0.6) is 0 Å². The van der Waals surface area contributed by atoms with E-state index in [1.54, 1.807) is 6.92 Å². The second kappa shape index (κ2) is 4.50. The number of rotatable bonds is 2. The zero-order valence-electron chi connectivity index (χ0n) is 6.82. The van der Waals surface area contributed by atoms with E-state index in [0.29, 0.717) is 11.3 Å². The summed E-state index contributed by atoms with van der Waals surface area (Å²) in [7, 11) is 0. The zero-order valence-corrected chi connectivity index (χ0v) is 9.73. The molecule has 0 saturated heterocycles. The highest BCUT2D eigenvalue weighted by Gasteiger charge is 2.15. The van der Waals surface area contributed by atoms with Gasteiger partial charge in [0.1, 0.15) is 0 Å². The molecule has 1 aromatic heterocycles. The Labute approximate surface area is 93.6 Å². The maximum absolute atomic E-state index is 12.4. The molecule has 0 spiro atoms. The molecule has 0 radical (unpaired) electrons. The van der Waals surface area contributed by atoms with Crippen molar-refractivity contribution < 1.29 is 8.78 Å². The number of hydrogen-bond donors (Lipinski definition) is 0. The molecule has 13 heavy (non-hydrogen) atoms. The number of alkyl halides is 3. The summed E-state index contributed by atoms with van der Waals surface area (Å²) in [6, 6.07) is 0. The minimum atomic E-state index is -2.47. The molecular formula is C8H7ClF2IN. The Balaban J connectivity index is 3.23. The summed E-state index contributed by atoms with van der Waals surface area (Å²) < 4.78 is 25.5. The van der Waals surface area contributed by atoms with Crippen LogP contribution in [0.4, 0.5) is 8.78 Å². The van der Waals surface area contributed by atoms with Crippen molar-refractivity contribution in [2.75, 3.05) is 0 Å². The molecule has 0 bridgehead atoms.